The van der Waals surface area contributed by atoms with Crippen molar-refractivity contribution >= 4 is 23.0 Å². The number of aromatic nitrogens is 3. The van der Waals surface area contributed by atoms with E-state index in [0.717, 1.165) is 10.9 Å². The number of nitrogens with zero attached hydrogens (tertiary/aromatic N) is 3. The third-order valence-electron chi connectivity index (χ3n) is 3.41. The molecule has 28 heavy (non-hydrogen) atoms. The molecule has 8 nitrogen and oxygen atoms in total. The highest BCUT2D eigenvalue weighted by Crippen LogP contribution is 2.26. The molecule has 0 aliphatic carbocycles. The van der Waals surface area contributed by atoms with E-state index < -0.39 is 18.1 Å². The van der Waals surface area contributed by atoms with E-state index >= 15 is 0 Å². The summed E-state index contributed by atoms with van der Waals surface area (Å²) in [5.41, 5.74) is 1.46. The minimum atomic E-state index is -4.85. The Balaban J connectivity index is 0.000000300. The summed E-state index contributed by atoms with van der Waals surface area (Å²) in [6.45, 7) is 0.439. The van der Waals surface area contributed by atoms with E-state index in [1.807, 2.05) is 41.2 Å². The van der Waals surface area contributed by atoms with Crippen molar-refractivity contribution in [3.63, 3.8) is 0 Å². The number of hydrogen-bond donors (Lipinski definition) is 1. The first-order chi connectivity index (χ1) is 13.2. The maximum Gasteiger partial charge on any atom is 0.490 e. The van der Waals surface area contributed by atoms with Crippen LogP contribution in [-0.4, -0.2) is 40.5 Å². The number of halogens is 3. The minimum absolute atomic E-state index is 0.0964. The van der Waals surface area contributed by atoms with E-state index in [-0.39, 0.29) is 6.42 Å². The molecule has 0 spiro atoms. The van der Waals surface area contributed by atoms with Crippen LogP contribution in [0.5, 0.6) is 0 Å². The van der Waals surface area contributed by atoms with E-state index in [9.17, 15) is 22.8 Å². The fourth-order valence-corrected chi connectivity index (χ4v) is 2.09. The number of pyridine rings is 2. The van der Waals surface area contributed by atoms with Crippen molar-refractivity contribution in [1.82, 2.24) is 10.1 Å². The zero-order valence-corrected chi connectivity index (χ0v) is 14.5. The van der Waals surface area contributed by atoms with Gasteiger partial charge < -0.3 is 14.4 Å². The molecule has 3 aromatic rings. The summed E-state index contributed by atoms with van der Waals surface area (Å²) < 4.78 is 43.4. The molecule has 3 heterocycles. The fourth-order valence-electron chi connectivity index (χ4n) is 2.09. The van der Waals surface area contributed by atoms with Gasteiger partial charge in [0.25, 0.3) is 0 Å². The summed E-state index contributed by atoms with van der Waals surface area (Å²) in [7, 11) is 0.676. The van der Waals surface area contributed by atoms with Crippen LogP contribution in [0.2, 0.25) is 0 Å². The summed E-state index contributed by atoms with van der Waals surface area (Å²) in [4.78, 5) is 24.1. The van der Waals surface area contributed by atoms with Gasteiger partial charge in [-0.25, -0.2) is 14.3 Å². The Bertz CT molecular complexity index is 955. The predicted octanol–water partition coefficient (Wildman–Crippen LogP) is 2.37. The fraction of sp³-hybridized carbons (Fsp3) is 0.235. The lowest BCUT2D eigenvalue weighted by atomic mass is 10.1. The van der Waals surface area contributed by atoms with E-state index in [0.29, 0.717) is 25.1 Å². The van der Waals surface area contributed by atoms with Crippen molar-refractivity contribution in [3.05, 3.63) is 42.9 Å². The van der Waals surface area contributed by atoms with Gasteiger partial charge in [0, 0.05) is 23.9 Å². The molecule has 0 amide bonds. The Hall–Kier alpha value is -3.50. The Morgan fingerprint density at radius 3 is 2.46 bits per heavy atom. The van der Waals surface area contributed by atoms with Crippen LogP contribution in [0.15, 0.2) is 47.4 Å². The number of rotatable bonds is 4. The van der Waals surface area contributed by atoms with Crippen LogP contribution in [0.4, 0.5) is 13.2 Å². The number of hydrogen-bond acceptors (Lipinski definition) is 6. The first kappa shape index (κ1) is 20.8. The Labute approximate surface area is 156 Å². The highest BCUT2D eigenvalue weighted by molar-refractivity contribution is 5.88. The SMILES string of the molecule is COC(=O)C(F)(F)F.O=C(O)CC[n+]1ccc(-c2onc3ncccc23)cc1. The molecule has 0 aliphatic rings. The molecular weight excluding hydrogens is 383 g/mol. The Morgan fingerprint density at radius 1 is 1.25 bits per heavy atom. The van der Waals surface area contributed by atoms with Gasteiger partial charge in [-0.1, -0.05) is 5.16 Å². The molecule has 0 aromatic carbocycles. The van der Waals surface area contributed by atoms with Gasteiger partial charge in [0.15, 0.2) is 24.7 Å². The number of carbonyl (C=O) groups excluding carboxylic acids is 1. The van der Waals surface area contributed by atoms with Crippen molar-refractivity contribution in [2.45, 2.75) is 19.1 Å². The van der Waals surface area contributed by atoms with Crippen molar-refractivity contribution < 1.29 is 41.7 Å². The quantitative estimate of drug-likeness (QED) is 0.531. The average Bonchev–Trinajstić information content (AvgIpc) is 3.10. The zero-order chi connectivity index (χ0) is 20.7. The largest absolute Gasteiger partial charge is 0.490 e. The van der Waals surface area contributed by atoms with Gasteiger partial charge in [0.2, 0.25) is 5.65 Å². The van der Waals surface area contributed by atoms with E-state index in [4.69, 9.17) is 9.63 Å². The van der Waals surface area contributed by atoms with Gasteiger partial charge in [0.05, 0.1) is 12.5 Å². The van der Waals surface area contributed by atoms with Crippen molar-refractivity contribution in [1.29, 1.82) is 0 Å². The molecule has 0 unspecified atom stereocenters. The highest BCUT2D eigenvalue weighted by Gasteiger charge is 2.40. The van der Waals surface area contributed by atoms with Crippen molar-refractivity contribution in [2.75, 3.05) is 7.11 Å². The van der Waals surface area contributed by atoms with Gasteiger partial charge in [-0.15, -0.1) is 0 Å². The number of carboxylic acid groups (broad SMARTS) is 1. The van der Waals surface area contributed by atoms with Crippen LogP contribution in [0.1, 0.15) is 6.42 Å². The number of methoxy groups -OCH3 is 1. The Morgan fingerprint density at radius 2 is 1.93 bits per heavy atom. The molecule has 3 rings (SSSR count). The number of aryl methyl sites for hydroxylation is 1. The number of esters is 1. The summed E-state index contributed by atoms with van der Waals surface area (Å²) in [5.74, 6) is -2.31. The standard InChI is InChI=1S/C14H11N3O3.C3H3F3O2/c18-12(19)5-9-17-7-3-10(4-8-17)13-11-2-1-6-15-14(11)16-20-13;1-8-2(7)3(4,5)6/h1-4,6-8H,5,9H2;1H3/p+1. The third kappa shape index (κ3) is 5.50. The molecule has 1 N–H and O–H groups in total. The highest BCUT2D eigenvalue weighted by atomic mass is 19.4. The maximum absolute atomic E-state index is 11.0. The smallest absolute Gasteiger partial charge is 0.481 e. The van der Waals surface area contributed by atoms with Crippen LogP contribution >= 0.6 is 0 Å². The first-order valence-corrected chi connectivity index (χ1v) is 7.79. The topological polar surface area (TPSA) is 106 Å². The van der Waals surface area contributed by atoms with Crippen LogP contribution in [0.25, 0.3) is 22.4 Å². The second-order valence-corrected chi connectivity index (χ2v) is 5.34. The van der Waals surface area contributed by atoms with Crippen molar-refractivity contribution in [2.24, 2.45) is 0 Å². The monoisotopic (exact) mass is 398 g/mol. The molecule has 3 aromatic heterocycles. The van der Waals surface area contributed by atoms with Crippen LogP contribution < -0.4 is 4.57 Å². The molecule has 0 fully saturated rings. The van der Waals surface area contributed by atoms with E-state index in [1.165, 1.54) is 0 Å². The average molecular weight is 398 g/mol. The number of alkyl halides is 3. The lowest BCUT2D eigenvalue weighted by Crippen LogP contribution is -2.33. The molecule has 148 valence electrons. The molecule has 0 saturated carbocycles. The number of fused-ring (bicyclic) bond motifs is 1. The first-order valence-electron chi connectivity index (χ1n) is 7.79. The molecule has 0 saturated heterocycles. The van der Waals surface area contributed by atoms with E-state index in [2.05, 4.69) is 14.9 Å². The summed E-state index contributed by atoms with van der Waals surface area (Å²) in [5, 5.41) is 13.4. The molecule has 11 heteroatoms. The van der Waals surface area contributed by atoms with Gasteiger partial charge in [-0.2, -0.15) is 13.2 Å². The second kappa shape index (κ2) is 8.93. The number of carboxylic acids is 1. The lowest BCUT2D eigenvalue weighted by Gasteiger charge is -1.99. The summed E-state index contributed by atoms with van der Waals surface area (Å²) in [6, 6.07) is 7.47. The Kier molecular flexibility index (Phi) is 6.64. The van der Waals surface area contributed by atoms with Crippen LogP contribution in [-0.2, 0) is 20.9 Å². The molecule has 0 bridgehead atoms. The third-order valence-corrected chi connectivity index (χ3v) is 3.41. The zero-order valence-electron chi connectivity index (χ0n) is 14.5. The second-order valence-electron chi connectivity index (χ2n) is 5.34. The number of ether oxygens (including phenoxy) is 1. The maximum atomic E-state index is 11.0. The summed E-state index contributed by atoms with van der Waals surface area (Å²) >= 11 is 0. The molecule has 0 aliphatic heterocycles. The van der Waals surface area contributed by atoms with Gasteiger partial charge >= 0.3 is 18.1 Å². The van der Waals surface area contributed by atoms with Crippen molar-refractivity contribution in [3.8, 4) is 11.3 Å². The van der Waals surface area contributed by atoms with Gasteiger partial charge in [-0.05, 0) is 12.1 Å². The molecule has 0 radical (unpaired) electrons. The predicted molar refractivity (Wildman–Crippen MR) is 87.8 cm³/mol. The normalized spacial score (nSPS) is 10.9. The van der Waals surface area contributed by atoms with Crippen LogP contribution in [0.3, 0.4) is 0 Å². The molecular formula is C17H15F3N3O5+. The van der Waals surface area contributed by atoms with Crippen LogP contribution in [0, 0.1) is 0 Å². The van der Waals surface area contributed by atoms with Gasteiger partial charge in [-0.3, -0.25) is 4.79 Å². The van der Waals surface area contributed by atoms with E-state index in [1.54, 1.807) is 6.20 Å². The number of aliphatic carboxylic acids is 1. The number of carbonyl (C=O) groups is 2. The lowest BCUT2D eigenvalue weighted by molar-refractivity contribution is -0.695. The minimum Gasteiger partial charge on any atom is -0.481 e. The van der Waals surface area contributed by atoms with Gasteiger partial charge in [0.1, 0.15) is 6.42 Å². The summed E-state index contributed by atoms with van der Waals surface area (Å²) in [6.07, 6.45) is 0.555. The molecule has 0 atom stereocenters.